The van der Waals surface area contributed by atoms with Crippen molar-refractivity contribution in [2.75, 3.05) is 5.75 Å². The van der Waals surface area contributed by atoms with E-state index in [2.05, 4.69) is 9.72 Å². The van der Waals surface area contributed by atoms with Crippen LogP contribution in [0.4, 0.5) is 13.2 Å². The van der Waals surface area contributed by atoms with Crippen LogP contribution >= 0.6 is 23.1 Å². The highest BCUT2D eigenvalue weighted by Crippen LogP contribution is 2.37. The molecule has 2 rings (SSSR count). The summed E-state index contributed by atoms with van der Waals surface area (Å²) in [4.78, 5) is 5.53. The number of halogens is 3. The molecule has 0 bridgehead atoms. The van der Waals surface area contributed by atoms with Gasteiger partial charge in [-0.05, 0) is 30.2 Å². The first-order valence-corrected chi connectivity index (χ1v) is 8.67. The molecule has 0 aliphatic heterocycles. The molecule has 0 saturated carbocycles. The van der Waals surface area contributed by atoms with E-state index < -0.39 is 12.0 Å². The van der Waals surface area contributed by atoms with Crippen molar-refractivity contribution in [3.8, 4) is 5.75 Å². The Morgan fingerprint density at radius 3 is 2.39 bits per heavy atom. The molecule has 23 heavy (non-hydrogen) atoms. The Hall–Kier alpha value is -1.25. The number of ether oxygens (including phenoxy) is 1. The number of alkyl halides is 3. The molecule has 0 fully saturated rings. The topological polar surface area (TPSA) is 42.4 Å². The van der Waals surface area contributed by atoms with Gasteiger partial charge in [0.25, 0.3) is 0 Å². The zero-order valence-electron chi connectivity index (χ0n) is 12.5. The van der Waals surface area contributed by atoms with E-state index in [4.69, 9.17) is 0 Å². The van der Waals surface area contributed by atoms with Crippen LogP contribution in [0.5, 0.6) is 5.75 Å². The smallest absolute Gasteiger partial charge is 0.406 e. The molecule has 0 aliphatic rings. The third-order valence-electron chi connectivity index (χ3n) is 3.33. The molecular formula is C15H16F3NO2S2. The molecule has 2 aromatic rings. The molecule has 0 saturated heterocycles. The van der Waals surface area contributed by atoms with E-state index in [9.17, 15) is 18.3 Å². The maximum atomic E-state index is 12.1. The number of rotatable bonds is 6. The van der Waals surface area contributed by atoms with Gasteiger partial charge in [0.1, 0.15) is 11.4 Å². The summed E-state index contributed by atoms with van der Waals surface area (Å²) >= 11 is 2.76. The quantitative estimate of drug-likeness (QED) is 0.757. The van der Waals surface area contributed by atoms with Gasteiger partial charge in [0.2, 0.25) is 0 Å². The first-order chi connectivity index (χ1) is 10.7. The number of aliphatic hydroxyl groups is 1. The normalized spacial score (nSPS) is 14.7. The fraction of sp³-hybridized carbons (Fsp3) is 0.400. The third-order valence-corrected chi connectivity index (χ3v) is 5.46. The lowest BCUT2D eigenvalue weighted by Crippen LogP contribution is -2.33. The minimum absolute atomic E-state index is 0.0247. The van der Waals surface area contributed by atoms with Crippen LogP contribution in [0.1, 0.15) is 18.7 Å². The standard InChI is InChI=1S/C15H16F3NO2S2/c1-10(2)14(20,13-7-19-9-23-13)8-22-12-5-3-11(4-6-12)21-15(16,17)18/h3-7,9-10,20H,8H2,1-2H3. The maximum Gasteiger partial charge on any atom is 0.573 e. The van der Waals surface area contributed by atoms with Gasteiger partial charge in [-0.2, -0.15) is 0 Å². The second kappa shape index (κ2) is 7.11. The van der Waals surface area contributed by atoms with Gasteiger partial charge in [-0.1, -0.05) is 13.8 Å². The molecule has 1 unspecified atom stereocenters. The van der Waals surface area contributed by atoms with Crippen molar-refractivity contribution < 1.29 is 23.0 Å². The minimum atomic E-state index is -4.70. The molecule has 1 N–H and O–H groups in total. The second-order valence-corrected chi connectivity index (χ2v) is 7.19. The Morgan fingerprint density at radius 1 is 1.26 bits per heavy atom. The number of aromatic nitrogens is 1. The predicted octanol–water partition coefficient (Wildman–Crippen LogP) is 4.68. The number of benzene rings is 1. The van der Waals surface area contributed by atoms with Gasteiger partial charge in [0.15, 0.2) is 0 Å². The Morgan fingerprint density at radius 2 is 1.91 bits per heavy atom. The number of nitrogens with zero attached hydrogens (tertiary/aromatic N) is 1. The van der Waals surface area contributed by atoms with Crippen molar-refractivity contribution in [2.45, 2.75) is 30.7 Å². The summed E-state index contributed by atoms with van der Waals surface area (Å²) in [5, 5.41) is 10.9. The monoisotopic (exact) mass is 363 g/mol. The van der Waals surface area contributed by atoms with E-state index >= 15 is 0 Å². The molecular weight excluding hydrogens is 347 g/mol. The molecule has 0 aliphatic carbocycles. The summed E-state index contributed by atoms with van der Waals surface area (Å²) in [5.41, 5.74) is 0.629. The van der Waals surface area contributed by atoms with E-state index in [1.165, 1.54) is 35.2 Å². The average molecular weight is 363 g/mol. The highest BCUT2D eigenvalue weighted by Gasteiger charge is 2.35. The SMILES string of the molecule is CC(C)C(O)(CSc1ccc(OC(F)(F)F)cc1)c1cncs1. The molecule has 3 nitrogen and oxygen atoms in total. The lowest BCUT2D eigenvalue weighted by atomic mass is 9.91. The minimum Gasteiger partial charge on any atom is -0.406 e. The van der Waals surface area contributed by atoms with Crippen LogP contribution in [0.2, 0.25) is 0 Å². The number of hydrogen-bond acceptors (Lipinski definition) is 5. The number of hydrogen-bond donors (Lipinski definition) is 1. The summed E-state index contributed by atoms with van der Waals surface area (Å²) < 4.78 is 40.2. The summed E-state index contributed by atoms with van der Waals surface area (Å²) in [6.07, 6.45) is -3.05. The highest BCUT2D eigenvalue weighted by atomic mass is 32.2. The number of thioether (sulfide) groups is 1. The average Bonchev–Trinajstić information content (AvgIpc) is 2.99. The van der Waals surface area contributed by atoms with Crippen molar-refractivity contribution in [2.24, 2.45) is 5.92 Å². The highest BCUT2D eigenvalue weighted by molar-refractivity contribution is 7.99. The van der Waals surface area contributed by atoms with Crippen LogP contribution in [0.25, 0.3) is 0 Å². The molecule has 1 aromatic heterocycles. The Bertz CT molecular complexity index is 615. The van der Waals surface area contributed by atoms with Gasteiger partial charge >= 0.3 is 6.36 Å². The lowest BCUT2D eigenvalue weighted by Gasteiger charge is -2.30. The summed E-state index contributed by atoms with van der Waals surface area (Å²) in [6.45, 7) is 3.83. The van der Waals surface area contributed by atoms with E-state index in [1.807, 2.05) is 13.8 Å². The van der Waals surface area contributed by atoms with Crippen LogP contribution in [-0.2, 0) is 5.60 Å². The van der Waals surface area contributed by atoms with Crippen molar-refractivity contribution in [1.29, 1.82) is 0 Å². The fourth-order valence-corrected chi connectivity index (χ4v) is 4.05. The van der Waals surface area contributed by atoms with Crippen LogP contribution in [0.3, 0.4) is 0 Å². The van der Waals surface area contributed by atoms with E-state index in [1.54, 1.807) is 23.8 Å². The van der Waals surface area contributed by atoms with E-state index in [0.29, 0.717) is 5.75 Å². The van der Waals surface area contributed by atoms with Gasteiger partial charge in [-0.3, -0.25) is 4.98 Å². The molecule has 1 aromatic carbocycles. The van der Waals surface area contributed by atoms with Crippen molar-refractivity contribution >= 4 is 23.1 Å². The van der Waals surface area contributed by atoms with Crippen molar-refractivity contribution in [1.82, 2.24) is 4.98 Å². The molecule has 126 valence electrons. The second-order valence-electron chi connectivity index (χ2n) is 5.25. The van der Waals surface area contributed by atoms with Gasteiger partial charge in [0, 0.05) is 16.8 Å². The maximum absolute atomic E-state index is 12.1. The first-order valence-electron chi connectivity index (χ1n) is 6.80. The largest absolute Gasteiger partial charge is 0.573 e. The van der Waals surface area contributed by atoms with E-state index in [0.717, 1.165) is 9.77 Å². The zero-order valence-corrected chi connectivity index (χ0v) is 14.1. The molecule has 0 radical (unpaired) electrons. The van der Waals surface area contributed by atoms with Crippen LogP contribution in [0, 0.1) is 5.92 Å². The number of thiazole rings is 1. The van der Waals surface area contributed by atoms with Gasteiger partial charge in [-0.15, -0.1) is 36.3 Å². The zero-order chi connectivity index (χ0) is 17.1. The van der Waals surface area contributed by atoms with Crippen molar-refractivity contribution in [3.05, 3.63) is 40.8 Å². The van der Waals surface area contributed by atoms with Gasteiger partial charge in [-0.25, -0.2) is 0 Å². The summed E-state index contributed by atoms with van der Waals surface area (Å²) in [6, 6.07) is 5.60. The molecule has 1 atom stereocenters. The van der Waals surface area contributed by atoms with Gasteiger partial charge in [0.05, 0.1) is 10.4 Å². The lowest BCUT2D eigenvalue weighted by molar-refractivity contribution is -0.274. The van der Waals surface area contributed by atoms with Crippen molar-refractivity contribution in [3.63, 3.8) is 0 Å². The Balaban J connectivity index is 2.04. The molecule has 0 amide bonds. The Labute approximate surface area is 140 Å². The molecule has 0 spiro atoms. The molecule has 1 heterocycles. The first kappa shape index (κ1) is 18.1. The molecule has 8 heteroatoms. The third kappa shape index (κ3) is 4.86. The van der Waals surface area contributed by atoms with Crippen LogP contribution in [-0.4, -0.2) is 22.2 Å². The summed E-state index contributed by atoms with van der Waals surface area (Å²) in [5.74, 6) is 0.0958. The van der Waals surface area contributed by atoms with Crippen LogP contribution in [0.15, 0.2) is 40.9 Å². The van der Waals surface area contributed by atoms with Gasteiger partial charge < -0.3 is 9.84 Å². The Kier molecular flexibility index (Phi) is 5.59. The fourth-order valence-electron chi connectivity index (χ4n) is 1.88. The predicted molar refractivity (Wildman–Crippen MR) is 84.7 cm³/mol. The summed E-state index contributed by atoms with van der Waals surface area (Å²) in [7, 11) is 0. The van der Waals surface area contributed by atoms with Crippen LogP contribution < -0.4 is 4.74 Å². The van der Waals surface area contributed by atoms with E-state index in [-0.39, 0.29) is 11.7 Å².